The fourth-order valence-corrected chi connectivity index (χ4v) is 3.96. The van der Waals surface area contributed by atoms with Gasteiger partial charge in [0.15, 0.2) is 5.60 Å². The number of likely N-dealkylation sites (N-methyl/N-ethyl adjacent to an activating group) is 1. The standard InChI is InChI=1S/C24H25N5O3/c1-2-27-23(31)24(14-18-6-3-4-8-20(18)19-7-5-9-25-15-19)17-29(12-13-32-24)22(30)21-16-26-10-11-28-21/h3-11,15-16H,2,12-14,17H2,1H3,(H,27,31)/t24-/m0/s1. The number of ether oxygens (including phenoxy) is 1. The fraction of sp³-hybridized carbons (Fsp3) is 0.292. The summed E-state index contributed by atoms with van der Waals surface area (Å²) < 4.78 is 6.13. The normalized spacial score (nSPS) is 18.2. The summed E-state index contributed by atoms with van der Waals surface area (Å²) in [5.41, 5.74) is 1.91. The van der Waals surface area contributed by atoms with Crippen molar-refractivity contribution in [2.45, 2.75) is 18.9 Å². The Morgan fingerprint density at radius 2 is 1.94 bits per heavy atom. The van der Waals surface area contributed by atoms with Crippen LogP contribution in [0.1, 0.15) is 23.0 Å². The first-order valence-electron chi connectivity index (χ1n) is 10.6. The highest BCUT2D eigenvalue weighted by atomic mass is 16.5. The second kappa shape index (κ2) is 9.65. The molecule has 1 aliphatic rings. The van der Waals surface area contributed by atoms with Crippen LogP contribution in [0.25, 0.3) is 11.1 Å². The van der Waals surface area contributed by atoms with Crippen LogP contribution in [0.4, 0.5) is 0 Å². The fourth-order valence-electron chi connectivity index (χ4n) is 3.96. The number of aromatic nitrogens is 3. The molecule has 32 heavy (non-hydrogen) atoms. The van der Waals surface area contributed by atoms with Gasteiger partial charge in [0.25, 0.3) is 11.8 Å². The average molecular weight is 431 g/mol. The molecular weight excluding hydrogens is 406 g/mol. The van der Waals surface area contributed by atoms with Crippen molar-refractivity contribution in [1.82, 2.24) is 25.2 Å². The molecule has 1 fully saturated rings. The lowest BCUT2D eigenvalue weighted by Gasteiger charge is -2.41. The van der Waals surface area contributed by atoms with Gasteiger partial charge in [-0.15, -0.1) is 0 Å². The summed E-state index contributed by atoms with van der Waals surface area (Å²) in [5, 5.41) is 2.89. The summed E-state index contributed by atoms with van der Waals surface area (Å²) in [7, 11) is 0. The van der Waals surface area contributed by atoms with Crippen LogP contribution in [0.15, 0.2) is 67.4 Å². The predicted molar refractivity (Wildman–Crippen MR) is 119 cm³/mol. The lowest BCUT2D eigenvalue weighted by atomic mass is 9.87. The van der Waals surface area contributed by atoms with Crippen LogP contribution in [-0.4, -0.2) is 63.5 Å². The molecule has 0 radical (unpaired) electrons. The second-order valence-electron chi connectivity index (χ2n) is 7.60. The highest BCUT2D eigenvalue weighted by molar-refractivity contribution is 5.93. The Morgan fingerprint density at radius 3 is 2.69 bits per heavy atom. The number of nitrogens with one attached hydrogen (secondary N) is 1. The van der Waals surface area contributed by atoms with Crippen molar-refractivity contribution in [3.05, 3.63) is 78.6 Å². The van der Waals surface area contributed by atoms with Gasteiger partial charge < -0.3 is 15.0 Å². The highest BCUT2D eigenvalue weighted by Crippen LogP contribution is 2.30. The van der Waals surface area contributed by atoms with Gasteiger partial charge >= 0.3 is 0 Å². The zero-order valence-electron chi connectivity index (χ0n) is 17.9. The van der Waals surface area contributed by atoms with Crippen molar-refractivity contribution in [3.63, 3.8) is 0 Å². The van der Waals surface area contributed by atoms with E-state index < -0.39 is 5.60 Å². The molecule has 8 nitrogen and oxygen atoms in total. The molecule has 1 aliphatic heterocycles. The number of morpholine rings is 1. The van der Waals surface area contributed by atoms with Crippen molar-refractivity contribution in [3.8, 4) is 11.1 Å². The van der Waals surface area contributed by atoms with E-state index >= 15 is 0 Å². The summed E-state index contributed by atoms with van der Waals surface area (Å²) in [5.74, 6) is -0.506. The predicted octanol–water partition coefficient (Wildman–Crippen LogP) is 2.13. The molecule has 1 aromatic carbocycles. The minimum Gasteiger partial charge on any atom is -0.361 e. The Morgan fingerprint density at radius 1 is 1.09 bits per heavy atom. The van der Waals surface area contributed by atoms with Crippen LogP contribution in [0, 0.1) is 0 Å². The maximum absolute atomic E-state index is 13.3. The Bertz CT molecular complexity index is 1080. The van der Waals surface area contributed by atoms with Crippen LogP contribution in [0.3, 0.4) is 0 Å². The van der Waals surface area contributed by atoms with E-state index in [2.05, 4.69) is 20.3 Å². The van der Waals surface area contributed by atoms with Crippen LogP contribution in [-0.2, 0) is 16.0 Å². The minimum absolute atomic E-state index is 0.121. The van der Waals surface area contributed by atoms with Crippen molar-refractivity contribution in [1.29, 1.82) is 0 Å². The quantitative estimate of drug-likeness (QED) is 0.642. The van der Waals surface area contributed by atoms with Gasteiger partial charge in [0.2, 0.25) is 0 Å². The molecule has 0 unspecified atom stereocenters. The number of hydrogen-bond donors (Lipinski definition) is 1. The Kier molecular flexibility index (Phi) is 6.51. The SMILES string of the molecule is CCNC(=O)[C@]1(Cc2ccccc2-c2cccnc2)CN(C(=O)c2cnccn2)CCO1. The molecule has 8 heteroatoms. The van der Waals surface area contributed by atoms with E-state index in [1.807, 2.05) is 43.3 Å². The first-order valence-corrected chi connectivity index (χ1v) is 10.6. The molecule has 164 valence electrons. The van der Waals surface area contributed by atoms with E-state index in [4.69, 9.17) is 4.74 Å². The Labute approximate surface area is 186 Å². The molecule has 2 aromatic heterocycles. The van der Waals surface area contributed by atoms with Crippen molar-refractivity contribution < 1.29 is 14.3 Å². The molecule has 1 atom stereocenters. The third-order valence-corrected chi connectivity index (χ3v) is 5.47. The van der Waals surface area contributed by atoms with E-state index in [9.17, 15) is 9.59 Å². The maximum Gasteiger partial charge on any atom is 0.274 e. The highest BCUT2D eigenvalue weighted by Gasteiger charge is 2.45. The topological polar surface area (TPSA) is 97.3 Å². The zero-order valence-corrected chi connectivity index (χ0v) is 17.9. The number of hydrogen-bond acceptors (Lipinski definition) is 6. The maximum atomic E-state index is 13.3. The average Bonchev–Trinajstić information content (AvgIpc) is 2.85. The van der Waals surface area contributed by atoms with Gasteiger partial charge in [0, 0.05) is 49.9 Å². The number of amides is 2. The summed E-state index contributed by atoms with van der Waals surface area (Å²) in [6.45, 7) is 3.07. The monoisotopic (exact) mass is 431 g/mol. The van der Waals surface area contributed by atoms with E-state index in [1.165, 1.54) is 18.6 Å². The lowest BCUT2D eigenvalue weighted by molar-refractivity contribution is -0.157. The number of benzene rings is 1. The molecule has 0 bridgehead atoms. The van der Waals surface area contributed by atoms with E-state index in [0.29, 0.717) is 19.5 Å². The number of rotatable bonds is 6. The van der Waals surface area contributed by atoms with Gasteiger partial charge in [-0.2, -0.15) is 0 Å². The smallest absolute Gasteiger partial charge is 0.274 e. The van der Waals surface area contributed by atoms with Gasteiger partial charge in [-0.3, -0.25) is 19.6 Å². The van der Waals surface area contributed by atoms with Crippen molar-refractivity contribution in [2.75, 3.05) is 26.2 Å². The first-order chi connectivity index (χ1) is 15.6. The minimum atomic E-state index is -1.22. The molecule has 0 saturated carbocycles. The molecule has 3 aromatic rings. The van der Waals surface area contributed by atoms with Crippen molar-refractivity contribution in [2.24, 2.45) is 0 Å². The molecule has 0 aliphatic carbocycles. The molecule has 2 amide bonds. The Balaban J connectivity index is 1.68. The molecule has 3 heterocycles. The second-order valence-corrected chi connectivity index (χ2v) is 7.60. The molecular formula is C24H25N5O3. The van der Waals surface area contributed by atoms with Gasteiger partial charge in [0.05, 0.1) is 19.3 Å². The summed E-state index contributed by atoms with van der Waals surface area (Å²) in [6, 6.07) is 11.7. The number of carbonyl (C=O) groups is 2. The van der Waals surface area contributed by atoms with E-state index in [0.717, 1.165) is 16.7 Å². The molecule has 1 saturated heterocycles. The van der Waals surface area contributed by atoms with Crippen LogP contribution in [0.2, 0.25) is 0 Å². The number of pyridine rings is 1. The van der Waals surface area contributed by atoms with Gasteiger partial charge in [-0.05, 0) is 24.1 Å². The number of carbonyl (C=O) groups excluding carboxylic acids is 2. The largest absolute Gasteiger partial charge is 0.361 e. The summed E-state index contributed by atoms with van der Waals surface area (Å²) >= 11 is 0. The van der Waals surface area contributed by atoms with Gasteiger partial charge in [-0.1, -0.05) is 30.3 Å². The third-order valence-electron chi connectivity index (χ3n) is 5.47. The van der Waals surface area contributed by atoms with Gasteiger partial charge in [-0.25, -0.2) is 4.98 Å². The van der Waals surface area contributed by atoms with Crippen LogP contribution >= 0.6 is 0 Å². The molecule has 0 spiro atoms. The van der Waals surface area contributed by atoms with Crippen LogP contribution < -0.4 is 5.32 Å². The van der Waals surface area contributed by atoms with Crippen LogP contribution in [0.5, 0.6) is 0 Å². The molecule has 4 rings (SSSR count). The van der Waals surface area contributed by atoms with Crippen molar-refractivity contribution >= 4 is 11.8 Å². The number of nitrogens with zero attached hydrogens (tertiary/aromatic N) is 4. The summed E-state index contributed by atoms with van der Waals surface area (Å²) in [4.78, 5) is 40.2. The Hall–Kier alpha value is -3.65. The van der Waals surface area contributed by atoms with Gasteiger partial charge in [0.1, 0.15) is 5.69 Å². The lowest BCUT2D eigenvalue weighted by Crippen LogP contribution is -2.62. The first kappa shape index (κ1) is 21.6. The molecule has 1 N–H and O–H groups in total. The van der Waals surface area contributed by atoms with E-state index in [1.54, 1.807) is 17.3 Å². The van der Waals surface area contributed by atoms with E-state index in [-0.39, 0.29) is 30.7 Å². The third kappa shape index (κ3) is 4.50. The zero-order chi connectivity index (χ0) is 22.4. The summed E-state index contributed by atoms with van der Waals surface area (Å²) in [6.07, 6.45) is 8.27.